The van der Waals surface area contributed by atoms with Gasteiger partial charge in [-0.1, -0.05) is 49.6 Å². The van der Waals surface area contributed by atoms with Crippen molar-refractivity contribution in [2.24, 2.45) is 11.8 Å². The summed E-state index contributed by atoms with van der Waals surface area (Å²) in [5.74, 6) is 1.72. The summed E-state index contributed by atoms with van der Waals surface area (Å²) < 4.78 is 0. The van der Waals surface area contributed by atoms with Crippen molar-refractivity contribution in [3.63, 3.8) is 0 Å². The lowest BCUT2D eigenvalue weighted by Crippen LogP contribution is -2.55. The molecule has 2 aliphatic heterocycles. The van der Waals surface area contributed by atoms with Crippen LogP contribution in [0.5, 0.6) is 0 Å². The number of hydrogen-bond donors (Lipinski definition) is 2. The van der Waals surface area contributed by atoms with E-state index in [-0.39, 0.29) is 5.91 Å². The van der Waals surface area contributed by atoms with E-state index in [1.54, 1.807) is 0 Å². The normalized spacial score (nSPS) is 26.9. The largest absolute Gasteiger partial charge is 0.355 e. The summed E-state index contributed by atoms with van der Waals surface area (Å²) in [6.45, 7) is 6.35. The number of nitrogens with zero attached hydrogens (tertiary/aromatic N) is 2. The standard InChI is InChI=1S/C27H44N4O/c1-30(25-11-6-3-7-12-25)16-15-28-27(32)14-8-13-26-24-17-23(18-29-26)20-31(21-24)19-22-9-4-2-5-10-22/h2,4-5,9-10,23-26,29H,3,6-8,11-21H2,1H3,(H,28,32)/t23-,24?,26+/m0/s1. The Morgan fingerprint density at radius 2 is 1.97 bits per heavy atom. The number of benzene rings is 1. The van der Waals surface area contributed by atoms with Gasteiger partial charge in [-0.3, -0.25) is 9.69 Å². The third-order valence-electron chi connectivity index (χ3n) is 8.04. The summed E-state index contributed by atoms with van der Waals surface area (Å²) in [5, 5.41) is 6.97. The first-order valence-electron chi connectivity index (χ1n) is 13.1. The molecular formula is C27H44N4O. The maximum Gasteiger partial charge on any atom is 0.220 e. The molecule has 1 unspecified atom stereocenters. The number of likely N-dealkylation sites (tertiary alicyclic amines) is 1. The number of likely N-dealkylation sites (N-methyl/N-ethyl adjacent to an activating group) is 1. The van der Waals surface area contributed by atoms with Crippen LogP contribution >= 0.6 is 0 Å². The Kier molecular flexibility index (Phi) is 9.01. The van der Waals surface area contributed by atoms with Crippen LogP contribution < -0.4 is 10.6 Å². The molecule has 178 valence electrons. The van der Waals surface area contributed by atoms with Gasteiger partial charge in [0.05, 0.1) is 0 Å². The molecule has 1 aromatic carbocycles. The van der Waals surface area contributed by atoms with Crippen LogP contribution in [-0.4, -0.2) is 67.6 Å². The summed E-state index contributed by atoms with van der Waals surface area (Å²) >= 11 is 0. The molecule has 2 N–H and O–H groups in total. The zero-order chi connectivity index (χ0) is 22.2. The third kappa shape index (κ3) is 7.03. The minimum absolute atomic E-state index is 0.227. The average Bonchev–Trinajstić information content (AvgIpc) is 2.82. The molecule has 1 amide bonds. The van der Waals surface area contributed by atoms with Gasteiger partial charge in [-0.2, -0.15) is 0 Å². The van der Waals surface area contributed by atoms with Crippen molar-refractivity contribution in [2.45, 2.75) is 76.4 Å². The number of amides is 1. The highest BCUT2D eigenvalue weighted by Crippen LogP contribution is 2.31. The molecule has 0 aromatic heterocycles. The van der Waals surface area contributed by atoms with Crippen molar-refractivity contribution < 1.29 is 4.79 Å². The van der Waals surface area contributed by atoms with Crippen molar-refractivity contribution in [3.8, 4) is 0 Å². The third-order valence-corrected chi connectivity index (χ3v) is 8.04. The Morgan fingerprint density at radius 1 is 1.16 bits per heavy atom. The molecular weight excluding hydrogens is 396 g/mol. The van der Waals surface area contributed by atoms with Crippen molar-refractivity contribution >= 4 is 5.91 Å². The molecule has 1 aliphatic carbocycles. The monoisotopic (exact) mass is 440 g/mol. The van der Waals surface area contributed by atoms with E-state index in [4.69, 9.17) is 0 Å². The van der Waals surface area contributed by atoms with Gasteiger partial charge in [-0.25, -0.2) is 0 Å². The van der Waals surface area contributed by atoms with Crippen LogP contribution in [0.25, 0.3) is 0 Å². The van der Waals surface area contributed by atoms with Crippen molar-refractivity contribution in [1.82, 2.24) is 20.4 Å². The van der Waals surface area contributed by atoms with E-state index >= 15 is 0 Å². The number of nitrogens with one attached hydrogen (secondary N) is 2. The van der Waals surface area contributed by atoms with Gasteiger partial charge >= 0.3 is 0 Å². The van der Waals surface area contributed by atoms with E-state index in [0.29, 0.717) is 12.5 Å². The van der Waals surface area contributed by atoms with Crippen LogP contribution in [0.2, 0.25) is 0 Å². The van der Waals surface area contributed by atoms with Crippen LogP contribution in [-0.2, 0) is 11.3 Å². The average molecular weight is 441 g/mol. The lowest BCUT2D eigenvalue weighted by molar-refractivity contribution is -0.121. The summed E-state index contributed by atoms with van der Waals surface area (Å²) in [7, 11) is 2.22. The van der Waals surface area contributed by atoms with Gasteiger partial charge in [0.2, 0.25) is 5.91 Å². The molecule has 3 fully saturated rings. The van der Waals surface area contributed by atoms with Crippen LogP contribution in [0.1, 0.15) is 63.4 Å². The Morgan fingerprint density at radius 3 is 2.78 bits per heavy atom. The molecule has 3 atom stereocenters. The first-order chi connectivity index (χ1) is 15.7. The first kappa shape index (κ1) is 23.7. The van der Waals surface area contributed by atoms with Crippen molar-refractivity contribution in [3.05, 3.63) is 35.9 Å². The lowest BCUT2D eigenvalue weighted by atomic mass is 9.79. The fourth-order valence-corrected chi connectivity index (χ4v) is 6.23. The summed E-state index contributed by atoms with van der Waals surface area (Å²) in [6, 6.07) is 12.2. The molecule has 1 aromatic rings. The summed E-state index contributed by atoms with van der Waals surface area (Å²) in [5.41, 5.74) is 1.42. The maximum atomic E-state index is 12.4. The number of carbonyl (C=O) groups is 1. The van der Waals surface area contributed by atoms with E-state index in [2.05, 4.69) is 57.8 Å². The fourth-order valence-electron chi connectivity index (χ4n) is 6.23. The summed E-state index contributed by atoms with van der Waals surface area (Å²) in [4.78, 5) is 17.5. The molecule has 1 saturated carbocycles. The Hall–Kier alpha value is -1.43. The van der Waals surface area contributed by atoms with Crippen LogP contribution in [0.4, 0.5) is 0 Å². The zero-order valence-corrected chi connectivity index (χ0v) is 20.1. The van der Waals surface area contributed by atoms with Crippen LogP contribution in [0.3, 0.4) is 0 Å². The Labute approximate surface area is 195 Å². The maximum absolute atomic E-state index is 12.4. The second-order valence-electron chi connectivity index (χ2n) is 10.6. The Bertz CT molecular complexity index is 690. The molecule has 0 radical (unpaired) electrons. The van der Waals surface area contributed by atoms with Gasteiger partial charge in [-0.05, 0) is 63.1 Å². The highest BCUT2D eigenvalue weighted by Gasteiger charge is 2.36. The highest BCUT2D eigenvalue weighted by molar-refractivity contribution is 5.75. The van der Waals surface area contributed by atoms with E-state index in [9.17, 15) is 4.79 Å². The first-order valence-corrected chi connectivity index (χ1v) is 13.1. The van der Waals surface area contributed by atoms with Gasteiger partial charge in [0.25, 0.3) is 0 Å². The summed E-state index contributed by atoms with van der Waals surface area (Å²) in [6.07, 6.45) is 10.9. The second kappa shape index (κ2) is 12.2. The molecule has 0 spiro atoms. The highest BCUT2D eigenvalue weighted by atomic mass is 16.1. The Balaban J connectivity index is 1.12. The molecule has 2 heterocycles. The topological polar surface area (TPSA) is 47.6 Å². The number of rotatable bonds is 10. The molecule has 5 heteroatoms. The number of hydrogen-bond acceptors (Lipinski definition) is 4. The lowest BCUT2D eigenvalue weighted by Gasteiger charge is -2.46. The van der Waals surface area contributed by atoms with Gasteiger partial charge in [-0.15, -0.1) is 0 Å². The molecule has 2 saturated heterocycles. The van der Waals surface area contributed by atoms with Gasteiger partial charge in [0.1, 0.15) is 0 Å². The molecule has 2 bridgehead atoms. The van der Waals surface area contributed by atoms with E-state index in [1.165, 1.54) is 57.2 Å². The van der Waals surface area contributed by atoms with E-state index < -0.39 is 0 Å². The minimum atomic E-state index is 0.227. The molecule has 5 nitrogen and oxygen atoms in total. The predicted molar refractivity (Wildman–Crippen MR) is 131 cm³/mol. The predicted octanol–water partition coefficient (Wildman–Crippen LogP) is 3.65. The van der Waals surface area contributed by atoms with Crippen LogP contribution in [0.15, 0.2) is 30.3 Å². The zero-order valence-electron chi connectivity index (χ0n) is 20.1. The van der Waals surface area contributed by atoms with E-state index in [0.717, 1.165) is 56.9 Å². The van der Waals surface area contributed by atoms with Gasteiger partial charge in [0.15, 0.2) is 0 Å². The smallest absolute Gasteiger partial charge is 0.220 e. The molecule has 32 heavy (non-hydrogen) atoms. The minimum Gasteiger partial charge on any atom is -0.355 e. The number of carbonyl (C=O) groups excluding carboxylic acids is 1. The van der Waals surface area contributed by atoms with Crippen molar-refractivity contribution in [1.29, 1.82) is 0 Å². The molecule has 3 aliphatic rings. The van der Waals surface area contributed by atoms with Gasteiger partial charge < -0.3 is 15.5 Å². The molecule has 4 rings (SSSR count). The van der Waals surface area contributed by atoms with Gasteiger partial charge in [0, 0.05) is 51.2 Å². The van der Waals surface area contributed by atoms with Crippen molar-refractivity contribution in [2.75, 3.05) is 39.8 Å². The fraction of sp³-hybridized carbons (Fsp3) is 0.741. The number of piperidine rings is 2. The van der Waals surface area contributed by atoms with Crippen LogP contribution in [0, 0.1) is 11.8 Å². The quantitative estimate of drug-likeness (QED) is 0.583. The number of fused-ring (bicyclic) bond motifs is 2. The van der Waals surface area contributed by atoms with E-state index in [1.807, 2.05) is 0 Å². The second-order valence-corrected chi connectivity index (χ2v) is 10.6. The SMILES string of the molecule is CN(CCNC(=O)CCC[C@H]1NC[C@@H]2CC1CN(Cc1ccccc1)C2)C1CCCCC1.